The smallest absolute Gasteiger partial charge is 0.202 e. The Morgan fingerprint density at radius 1 is 1.48 bits per heavy atom. The van der Waals surface area contributed by atoms with Crippen molar-refractivity contribution >= 4 is 44.1 Å². The van der Waals surface area contributed by atoms with Gasteiger partial charge in [0.25, 0.3) is 0 Å². The van der Waals surface area contributed by atoms with Gasteiger partial charge in [-0.2, -0.15) is 0 Å². The van der Waals surface area contributed by atoms with Crippen molar-refractivity contribution in [3.05, 3.63) is 34.2 Å². The van der Waals surface area contributed by atoms with Gasteiger partial charge >= 0.3 is 0 Å². The van der Waals surface area contributed by atoms with Gasteiger partial charge in [-0.3, -0.25) is 14.9 Å². The molecule has 0 aliphatic heterocycles. The Labute approximate surface area is 154 Å². The SMILES string of the molecule is CS(C)=O.NCCNc1nonc1C(=Nc1ccc(F)c(Br)c1)NO. The first-order chi connectivity index (χ1) is 11.9. The third-order valence-electron chi connectivity index (χ3n) is 2.40. The number of nitrogens with two attached hydrogens (primary N) is 1. The number of aromatic nitrogens is 2. The van der Waals surface area contributed by atoms with Crippen LogP contribution in [0.5, 0.6) is 0 Å². The van der Waals surface area contributed by atoms with Crippen LogP contribution in [-0.2, 0) is 10.8 Å². The first-order valence-corrected chi connectivity index (χ1v) is 9.60. The predicted octanol–water partition coefficient (Wildman–Crippen LogP) is 1.39. The number of hydrogen-bond acceptors (Lipinski definition) is 8. The summed E-state index contributed by atoms with van der Waals surface area (Å²) < 4.78 is 27.6. The van der Waals surface area contributed by atoms with Crippen LogP contribution in [0.1, 0.15) is 5.69 Å². The average Bonchev–Trinajstić information content (AvgIpc) is 3.01. The normalized spacial score (nSPS) is 11.1. The maximum absolute atomic E-state index is 13.2. The Bertz CT molecular complexity index is 738. The fourth-order valence-corrected chi connectivity index (χ4v) is 1.83. The Balaban J connectivity index is 0.000000705. The zero-order valence-electron chi connectivity index (χ0n) is 13.5. The van der Waals surface area contributed by atoms with E-state index in [0.29, 0.717) is 18.8 Å². The Morgan fingerprint density at radius 3 is 2.72 bits per heavy atom. The minimum Gasteiger partial charge on any atom is -0.364 e. The van der Waals surface area contributed by atoms with Crippen LogP contribution in [0, 0.1) is 5.82 Å². The highest BCUT2D eigenvalue weighted by Gasteiger charge is 2.16. The molecule has 0 atom stereocenters. The summed E-state index contributed by atoms with van der Waals surface area (Å²) in [4.78, 5) is 4.12. The van der Waals surface area contributed by atoms with Gasteiger partial charge in [0.05, 0.1) is 10.2 Å². The molecule has 0 aliphatic carbocycles. The lowest BCUT2D eigenvalue weighted by atomic mass is 10.3. The van der Waals surface area contributed by atoms with E-state index >= 15 is 0 Å². The van der Waals surface area contributed by atoms with Crippen LogP contribution in [0.2, 0.25) is 0 Å². The number of anilines is 1. The van der Waals surface area contributed by atoms with Crippen molar-refractivity contribution < 1.29 is 18.4 Å². The van der Waals surface area contributed by atoms with Gasteiger partial charge in [0.15, 0.2) is 11.5 Å². The summed E-state index contributed by atoms with van der Waals surface area (Å²) in [5, 5.41) is 19.4. The molecule has 12 heteroatoms. The molecule has 25 heavy (non-hydrogen) atoms. The lowest BCUT2D eigenvalue weighted by Gasteiger charge is -2.04. The molecule has 0 spiro atoms. The molecule has 5 N–H and O–H groups in total. The fourth-order valence-electron chi connectivity index (χ4n) is 1.47. The Morgan fingerprint density at radius 2 is 2.16 bits per heavy atom. The number of aliphatic imine (C=N–C) groups is 1. The minimum absolute atomic E-state index is 0.00530. The van der Waals surface area contributed by atoms with Crippen molar-refractivity contribution in [1.29, 1.82) is 0 Å². The molecular formula is C13H18BrFN6O3S. The molecule has 1 aromatic heterocycles. The maximum atomic E-state index is 13.2. The second-order valence-electron chi connectivity index (χ2n) is 4.59. The zero-order chi connectivity index (χ0) is 18.8. The highest BCUT2D eigenvalue weighted by molar-refractivity contribution is 9.10. The Kier molecular flexibility index (Phi) is 9.20. The standard InChI is InChI=1S/C11H12BrFN6O2.C2H6OS/c12-7-5-6(1-2-8(7)13)16-11(17-20)9-10(15-4-3-14)19-21-18-9;1-4(2)3/h1-2,5,20H,3-4,14H2,(H,15,19)(H,16,17);1-2H3. The quantitative estimate of drug-likeness (QED) is 0.313. The van der Waals surface area contributed by atoms with E-state index in [2.05, 4.69) is 41.2 Å². The molecular weight excluding hydrogens is 419 g/mol. The number of hydrogen-bond donors (Lipinski definition) is 4. The molecule has 0 fully saturated rings. The van der Waals surface area contributed by atoms with E-state index in [1.165, 1.54) is 18.2 Å². The second kappa shape index (κ2) is 10.9. The van der Waals surface area contributed by atoms with Crippen LogP contribution in [0.3, 0.4) is 0 Å². The molecule has 9 nitrogen and oxygen atoms in total. The second-order valence-corrected chi connectivity index (χ2v) is 6.93. The van der Waals surface area contributed by atoms with E-state index in [9.17, 15) is 13.8 Å². The van der Waals surface area contributed by atoms with E-state index in [1.807, 2.05) is 5.48 Å². The molecule has 0 unspecified atom stereocenters. The van der Waals surface area contributed by atoms with Crippen LogP contribution in [0.4, 0.5) is 15.9 Å². The topological polar surface area (TPSA) is 139 Å². The van der Waals surface area contributed by atoms with E-state index in [1.54, 1.807) is 12.5 Å². The van der Waals surface area contributed by atoms with E-state index in [0.717, 1.165) is 0 Å². The van der Waals surface area contributed by atoms with Crippen LogP contribution in [0.25, 0.3) is 0 Å². The van der Waals surface area contributed by atoms with Crippen molar-refractivity contribution in [2.24, 2.45) is 10.7 Å². The molecule has 1 aromatic carbocycles. The highest BCUT2D eigenvalue weighted by atomic mass is 79.9. The number of nitrogens with one attached hydrogen (secondary N) is 2. The molecule has 0 amide bonds. The summed E-state index contributed by atoms with van der Waals surface area (Å²) in [5.41, 5.74) is 7.86. The Hall–Kier alpha value is -1.89. The summed E-state index contributed by atoms with van der Waals surface area (Å²) in [6, 6.07) is 4.14. The van der Waals surface area contributed by atoms with E-state index in [4.69, 9.17) is 5.73 Å². The lowest BCUT2D eigenvalue weighted by molar-refractivity contribution is 0.234. The maximum Gasteiger partial charge on any atom is 0.202 e. The summed E-state index contributed by atoms with van der Waals surface area (Å²) in [6.45, 7) is 0.832. The van der Waals surface area contributed by atoms with Crippen LogP contribution >= 0.6 is 15.9 Å². The van der Waals surface area contributed by atoms with Gasteiger partial charge in [0, 0.05) is 36.4 Å². The summed E-state index contributed by atoms with van der Waals surface area (Å²) in [5.74, 6) is -0.142. The fraction of sp³-hybridized carbons (Fsp3) is 0.308. The molecule has 0 saturated heterocycles. The molecule has 2 aromatic rings. The van der Waals surface area contributed by atoms with Gasteiger partial charge in [-0.15, -0.1) is 0 Å². The summed E-state index contributed by atoms with van der Waals surface area (Å²) in [7, 11) is -0.611. The third-order valence-corrected chi connectivity index (χ3v) is 3.01. The van der Waals surface area contributed by atoms with E-state index in [-0.39, 0.29) is 21.8 Å². The van der Waals surface area contributed by atoms with E-state index < -0.39 is 16.6 Å². The highest BCUT2D eigenvalue weighted by Crippen LogP contribution is 2.23. The van der Waals surface area contributed by atoms with Crippen LogP contribution < -0.4 is 16.5 Å². The van der Waals surface area contributed by atoms with Gasteiger partial charge in [-0.25, -0.2) is 14.0 Å². The monoisotopic (exact) mass is 436 g/mol. The van der Waals surface area contributed by atoms with Crippen LogP contribution in [0.15, 0.2) is 32.3 Å². The number of nitrogens with zero attached hydrogens (tertiary/aromatic N) is 3. The first kappa shape index (κ1) is 21.2. The van der Waals surface area contributed by atoms with Gasteiger partial charge in [-0.05, 0) is 44.4 Å². The van der Waals surface area contributed by atoms with Crippen molar-refractivity contribution in [3.8, 4) is 0 Å². The number of amidine groups is 1. The van der Waals surface area contributed by atoms with Gasteiger partial charge in [0.2, 0.25) is 5.82 Å². The number of hydroxylamine groups is 1. The number of halogens is 2. The average molecular weight is 437 g/mol. The number of rotatable bonds is 5. The summed E-state index contributed by atoms with van der Waals surface area (Å²) in [6.07, 6.45) is 3.28. The lowest BCUT2D eigenvalue weighted by Crippen LogP contribution is -2.23. The van der Waals surface area contributed by atoms with Crippen molar-refractivity contribution in [2.75, 3.05) is 30.9 Å². The molecule has 1 heterocycles. The number of benzene rings is 1. The summed E-state index contributed by atoms with van der Waals surface area (Å²) >= 11 is 3.06. The van der Waals surface area contributed by atoms with Crippen molar-refractivity contribution in [3.63, 3.8) is 0 Å². The van der Waals surface area contributed by atoms with Gasteiger partial charge in [-0.1, -0.05) is 0 Å². The third kappa shape index (κ3) is 7.25. The largest absolute Gasteiger partial charge is 0.364 e. The molecule has 0 aliphatic rings. The zero-order valence-corrected chi connectivity index (χ0v) is 15.9. The molecule has 2 rings (SSSR count). The molecule has 0 radical (unpaired) electrons. The van der Waals surface area contributed by atoms with Crippen LogP contribution in [-0.4, -0.2) is 51.2 Å². The van der Waals surface area contributed by atoms with Gasteiger partial charge in [0.1, 0.15) is 5.82 Å². The predicted molar refractivity (Wildman–Crippen MR) is 97.1 cm³/mol. The first-order valence-electron chi connectivity index (χ1n) is 6.84. The minimum atomic E-state index is -0.611. The van der Waals surface area contributed by atoms with Crippen molar-refractivity contribution in [2.45, 2.75) is 0 Å². The molecule has 138 valence electrons. The molecule has 0 saturated carbocycles. The molecule has 0 bridgehead atoms. The van der Waals surface area contributed by atoms with Gasteiger partial charge < -0.3 is 11.1 Å². The van der Waals surface area contributed by atoms with Crippen molar-refractivity contribution in [1.82, 2.24) is 15.8 Å².